The van der Waals surface area contributed by atoms with Crippen molar-refractivity contribution >= 4 is 10.0 Å². The molecule has 1 atom stereocenters. The third-order valence-electron chi connectivity index (χ3n) is 3.10. The molecule has 0 spiro atoms. The van der Waals surface area contributed by atoms with E-state index in [1.54, 1.807) is 38.2 Å². The van der Waals surface area contributed by atoms with Gasteiger partial charge in [0.1, 0.15) is 0 Å². The third-order valence-corrected chi connectivity index (χ3v) is 4.78. The minimum Gasteiger partial charge on any atom is -0.260 e. The maximum absolute atomic E-state index is 12.5. The molecule has 20 heavy (non-hydrogen) atoms. The predicted molar refractivity (Wildman–Crippen MR) is 78.9 cm³/mol. The van der Waals surface area contributed by atoms with Crippen LogP contribution in [0.25, 0.3) is 0 Å². The quantitative estimate of drug-likeness (QED) is 0.942. The summed E-state index contributed by atoms with van der Waals surface area (Å²) in [6.07, 6.45) is 1.65. The van der Waals surface area contributed by atoms with Gasteiger partial charge in [0.15, 0.2) is 0 Å². The summed E-state index contributed by atoms with van der Waals surface area (Å²) < 4.78 is 27.6. The number of benzene rings is 1. The second kappa shape index (κ2) is 5.73. The monoisotopic (exact) mass is 290 g/mol. The molecule has 0 amide bonds. The highest BCUT2D eigenvalue weighted by Crippen LogP contribution is 2.19. The van der Waals surface area contributed by atoms with Crippen molar-refractivity contribution in [1.82, 2.24) is 9.71 Å². The molecule has 0 aliphatic heterocycles. The van der Waals surface area contributed by atoms with E-state index in [9.17, 15) is 8.42 Å². The maximum Gasteiger partial charge on any atom is 0.241 e. The fraction of sp³-hybridized carbons (Fsp3) is 0.267. The van der Waals surface area contributed by atoms with Crippen LogP contribution in [-0.4, -0.2) is 13.4 Å². The number of nitrogens with one attached hydrogen (secondary N) is 1. The first-order valence-electron chi connectivity index (χ1n) is 6.40. The summed E-state index contributed by atoms with van der Waals surface area (Å²) in [5, 5.41) is 0. The molecule has 106 valence electrons. The first-order chi connectivity index (χ1) is 9.40. The number of rotatable bonds is 4. The molecule has 0 saturated carbocycles. The van der Waals surface area contributed by atoms with Crippen LogP contribution in [0.4, 0.5) is 0 Å². The first kappa shape index (κ1) is 14.7. The van der Waals surface area contributed by atoms with Crippen LogP contribution in [0.15, 0.2) is 47.5 Å². The highest BCUT2D eigenvalue weighted by Gasteiger charge is 2.20. The van der Waals surface area contributed by atoms with Gasteiger partial charge in [-0.15, -0.1) is 0 Å². The molecule has 4 nitrogen and oxygen atoms in total. The molecular weight excluding hydrogens is 272 g/mol. The minimum absolute atomic E-state index is 0.320. The Balaban J connectivity index is 2.30. The summed E-state index contributed by atoms with van der Waals surface area (Å²) in [5.74, 6) is 0. The molecule has 0 bridgehead atoms. The zero-order valence-electron chi connectivity index (χ0n) is 11.8. The Hall–Kier alpha value is -1.72. The van der Waals surface area contributed by atoms with Crippen LogP contribution in [0.2, 0.25) is 0 Å². The average molecular weight is 290 g/mol. The lowest BCUT2D eigenvalue weighted by atomic mass is 10.2. The SMILES string of the molecule is Cc1ccc(C)c(S(=O)(=O)NC(C)c2ccccn2)c1. The van der Waals surface area contributed by atoms with Gasteiger partial charge in [-0.05, 0) is 50.1 Å². The fourth-order valence-corrected chi connectivity index (χ4v) is 3.53. The molecule has 5 heteroatoms. The van der Waals surface area contributed by atoms with Crippen molar-refractivity contribution in [1.29, 1.82) is 0 Å². The maximum atomic E-state index is 12.5. The van der Waals surface area contributed by atoms with Crippen molar-refractivity contribution < 1.29 is 8.42 Å². The number of sulfonamides is 1. The van der Waals surface area contributed by atoms with Crippen LogP contribution in [0, 0.1) is 13.8 Å². The van der Waals surface area contributed by atoms with E-state index >= 15 is 0 Å². The topological polar surface area (TPSA) is 59.1 Å². The van der Waals surface area contributed by atoms with Crippen LogP contribution >= 0.6 is 0 Å². The number of hydrogen-bond donors (Lipinski definition) is 1. The molecule has 0 saturated heterocycles. The summed E-state index contributed by atoms with van der Waals surface area (Å²) in [7, 11) is -3.55. The lowest BCUT2D eigenvalue weighted by Gasteiger charge is -2.15. The van der Waals surface area contributed by atoms with E-state index in [1.807, 2.05) is 25.1 Å². The number of nitrogens with zero attached hydrogens (tertiary/aromatic N) is 1. The summed E-state index contributed by atoms with van der Waals surface area (Å²) in [5.41, 5.74) is 2.35. The van der Waals surface area contributed by atoms with Crippen LogP contribution in [0.1, 0.15) is 29.8 Å². The van der Waals surface area contributed by atoms with Gasteiger partial charge in [-0.25, -0.2) is 13.1 Å². The molecular formula is C15H18N2O2S. The number of hydrogen-bond acceptors (Lipinski definition) is 3. The molecule has 0 aliphatic rings. The van der Waals surface area contributed by atoms with E-state index in [0.717, 1.165) is 11.1 Å². The van der Waals surface area contributed by atoms with Crippen LogP contribution in [0.5, 0.6) is 0 Å². The standard InChI is InChI=1S/C15H18N2O2S/c1-11-7-8-12(2)15(10-11)20(18,19)17-13(3)14-6-4-5-9-16-14/h4-10,13,17H,1-3H3. The largest absolute Gasteiger partial charge is 0.260 e. The van der Waals surface area contributed by atoms with Gasteiger partial charge >= 0.3 is 0 Å². The molecule has 1 N–H and O–H groups in total. The van der Waals surface area contributed by atoms with E-state index < -0.39 is 10.0 Å². The van der Waals surface area contributed by atoms with Crippen molar-refractivity contribution in [2.75, 3.05) is 0 Å². The van der Waals surface area contributed by atoms with Crippen LogP contribution in [-0.2, 0) is 10.0 Å². The summed E-state index contributed by atoms with van der Waals surface area (Å²) >= 11 is 0. The number of aromatic nitrogens is 1. The average Bonchev–Trinajstić information content (AvgIpc) is 2.42. The molecule has 1 aromatic heterocycles. The minimum atomic E-state index is -3.55. The van der Waals surface area contributed by atoms with Crippen LogP contribution in [0.3, 0.4) is 0 Å². The third kappa shape index (κ3) is 3.23. The molecule has 2 rings (SSSR count). The number of aryl methyl sites for hydroxylation is 2. The summed E-state index contributed by atoms with van der Waals surface area (Å²) in [6, 6.07) is 10.5. The van der Waals surface area contributed by atoms with E-state index in [2.05, 4.69) is 9.71 Å². The Morgan fingerprint density at radius 1 is 1.15 bits per heavy atom. The molecule has 1 unspecified atom stereocenters. The Morgan fingerprint density at radius 2 is 1.90 bits per heavy atom. The van der Waals surface area contributed by atoms with E-state index in [1.165, 1.54) is 0 Å². The van der Waals surface area contributed by atoms with E-state index in [0.29, 0.717) is 10.6 Å². The lowest BCUT2D eigenvalue weighted by Crippen LogP contribution is -2.28. The zero-order valence-corrected chi connectivity index (χ0v) is 12.6. The Morgan fingerprint density at radius 3 is 2.55 bits per heavy atom. The Labute approximate surface area is 119 Å². The van der Waals surface area contributed by atoms with Gasteiger partial charge in [0.2, 0.25) is 10.0 Å². The van der Waals surface area contributed by atoms with Gasteiger partial charge in [-0.2, -0.15) is 0 Å². The zero-order chi connectivity index (χ0) is 14.8. The normalized spacial score (nSPS) is 13.2. The second-order valence-electron chi connectivity index (χ2n) is 4.87. The number of pyridine rings is 1. The molecule has 1 aromatic carbocycles. The second-order valence-corrected chi connectivity index (χ2v) is 6.55. The summed E-state index contributed by atoms with van der Waals surface area (Å²) in [6.45, 7) is 5.45. The fourth-order valence-electron chi connectivity index (χ4n) is 1.99. The smallest absolute Gasteiger partial charge is 0.241 e. The molecule has 2 aromatic rings. The van der Waals surface area contributed by atoms with Crippen molar-refractivity contribution in [2.24, 2.45) is 0 Å². The van der Waals surface area contributed by atoms with E-state index in [-0.39, 0.29) is 6.04 Å². The van der Waals surface area contributed by atoms with Crippen molar-refractivity contribution in [2.45, 2.75) is 31.7 Å². The Bertz CT molecular complexity index is 697. The Kier molecular flexibility index (Phi) is 4.20. The van der Waals surface area contributed by atoms with Gasteiger partial charge in [0, 0.05) is 6.20 Å². The predicted octanol–water partition coefficient (Wildman–Crippen LogP) is 2.74. The van der Waals surface area contributed by atoms with Crippen molar-refractivity contribution in [3.05, 3.63) is 59.4 Å². The highest BCUT2D eigenvalue weighted by atomic mass is 32.2. The van der Waals surface area contributed by atoms with Gasteiger partial charge < -0.3 is 0 Å². The molecule has 1 heterocycles. The van der Waals surface area contributed by atoms with Crippen LogP contribution < -0.4 is 4.72 Å². The first-order valence-corrected chi connectivity index (χ1v) is 7.89. The van der Waals surface area contributed by atoms with Gasteiger partial charge in [0.25, 0.3) is 0 Å². The van der Waals surface area contributed by atoms with Gasteiger partial charge in [0.05, 0.1) is 16.6 Å². The molecule has 0 aliphatic carbocycles. The molecule has 0 fully saturated rings. The molecule has 0 radical (unpaired) electrons. The lowest BCUT2D eigenvalue weighted by molar-refractivity contribution is 0.563. The summed E-state index contributed by atoms with van der Waals surface area (Å²) in [4.78, 5) is 4.49. The van der Waals surface area contributed by atoms with Gasteiger partial charge in [-0.1, -0.05) is 18.2 Å². The van der Waals surface area contributed by atoms with E-state index in [4.69, 9.17) is 0 Å². The highest BCUT2D eigenvalue weighted by molar-refractivity contribution is 7.89. The van der Waals surface area contributed by atoms with Gasteiger partial charge in [-0.3, -0.25) is 4.98 Å². The van der Waals surface area contributed by atoms with Crippen molar-refractivity contribution in [3.8, 4) is 0 Å². The van der Waals surface area contributed by atoms with Crippen molar-refractivity contribution in [3.63, 3.8) is 0 Å².